The van der Waals surface area contributed by atoms with Gasteiger partial charge >= 0.3 is 0 Å². The number of phenols is 6. The van der Waals surface area contributed by atoms with Gasteiger partial charge in [-0.15, -0.1) is 0 Å². The van der Waals surface area contributed by atoms with Crippen molar-refractivity contribution in [3.05, 3.63) is 70.5 Å². The summed E-state index contributed by atoms with van der Waals surface area (Å²) in [5.74, 6) is -2.09. The number of fused-ring (bicyclic) bond motifs is 2. The van der Waals surface area contributed by atoms with Crippen LogP contribution in [0.3, 0.4) is 0 Å². The van der Waals surface area contributed by atoms with Crippen LogP contribution < -0.4 is 5.43 Å². The normalized spacial score (nSPS) is 11.9. The van der Waals surface area contributed by atoms with E-state index < -0.39 is 5.75 Å². The highest BCUT2D eigenvalue weighted by Crippen LogP contribution is 2.53. The molecule has 0 amide bonds. The van der Waals surface area contributed by atoms with E-state index in [1.807, 2.05) is 39.8 Å². The summed E-state index contributed by atoms with van der Waals surface area (Å²) in [7, 11) is 0. The fraction of sp³-hybridized carbons (Fsp3) is 0.235. The smallest absolute Gasteiger partial charge is 0.167 e. The van der Waals surface area contributed by atoms with Gasteiger partial charge in [0.05, 0.1) is 17.5 Å². The Morgan fingerprint density at radius 3 is 1.84 bits per heavy atom. The summed E-state index contributed by atoms with van der Waals surface area (Å²) in [6, 6.07) is 8.36. The second-order valence-electron chi connectivity index (χ2n) is 11.4. The molecule has 9 nitrogen and oxygen atoms in total. The molecule has 7 N–H and O–H groups in total. The van der Waals surface area contributed by atoms with Crippen LogP contribution >= 0.6 is 0 Å². The van der Waals surface area contributed by atoms with Crippen LogP contribution in [0.5, 0.6) is 34.5 Å². The molecule has 0 radical (unpaired) electrons. The Morgan fingerprint density at radius 2 is 1.23 bits per heavy atom. The first-order valence-corrected chi connectivity index (χ1v) is 14.0. The molecule has 4 aromatic carbocycles. The van der Waals surface area contributed by atoms with Gasteiger partial charge < -0.3 is 30.6 Å². The number of hydrogen-bond acceptors (Lipinski definition) is 9. The molecular weight excluding hydrogens is 546 g/mol. The number of hydrazone groups is 1. The summed E-state index contributed by atoms with van der Waals surface area (Å²) < 4.78 is 0. The Labute approximate surface area is 249 Å². The predicted molar refractivity (Wildman–Crippen MR) is 170 cm³/mol. The first kappa shape index (κ1) is 29.3. The van der Waals surface area contributed by atoms with Crippen LogP contribution in [-0.2, 0) is 0 Å². The molecule has 0 saturated heterocycles. The molecule has 0 aliphatic carbocycles. The summed E-state index contributed by atoms with van der Waals surface area (Å²) in [4.78, 5) is 3.97. The van der Waals surface area contributed by atoms with E-state index in [2.05, 4.69) is 15.5 Å². The molecule has 0 aliphatic heterocycles. The number of rotatable bonds is 6. The highest BCUT2D eigenvalue weighted by atomic mass is 16.3. The Balaban J connectivity index is 1.85. The maximum Gasteiger partial charge on any atom is 0.167 e. The number of nitrogens with one attached hydrogen (secondary N) is 1. The Bertz CT molecular complexity index is 1930. The number of phenolic OH excluding ortho intramolecular Hbond substituents is 6. The number of aromatic nitrogens is 1. The van der Waals surface area contributed by atoms with Gasteiger partial charge in [0.25, 0.3) is 0 Å². The third-order valence-electron chi connectivity index (χ3n) is 7.87. The molecule has 9 heteroatoms. The summed E-state index contributed by atoms with van der Waals surface area (Å²) in [6.07, 6.45) is 4.51. The van der Waals surface area contributed by atoms with Gasteiger partial charge in [-0.2, -0.15) is 5.10 Å². The average molecular weight is 582 g/mol. The van der Waals surface area contributed by atoms with Crippen LogP contribution in [0, 0.1) is 13.8 Å². The van der Waals surface area contributed by atoms with Gasteiger partial charge in [-0.3, -0.25) is 10.4 Å². The zero-order chi connectivity index (χ0) is 31.3. The number of nitrogens with zero attached hydrogens (tertiary/aromatic N) is 2. The third-order valence-corrected chi connectivity index (χ3v) is 7.87. The average Bonchev–Trinajstić information content (AvgIpc) is 2.94. The van der Waals surface area contributed by atoms with Crippen LogP contribution in [-0.4, -0.2) is 41.8 Å². The Morgan fingerprint density at radius 1 is 0.674 bits per heavy atom. The van der Waals surface area contributed by atoms with Crippen LogP contribution in [0.15, 0.2) is 47.8 Å². The van der Waals surface area contributed by atoms with Gasteiger partial charge in [0.1, 0.15) is 11.5 Å². The SMILES string of the molecule is Cc1cc2c(C(C)C)c(O)c(O)cc2c(O)c1-c1c(C)cc2c(C(C)C)c(O)c(O)c(/C=N/Nc3ccncc3)c2c1O. The van der Waals surface area contributed by atoms with E-state index in [1.165, 1.54) is 12.3 Å². The van der Waals surface area contributed by atoms with Crippen molar-refractivity contribution in [3.8, 4) is 45.6 Å². The summed E-state index contributed by atoms with van der Waals surface area (Å²) in [6.45, 7) is 11.1. The van der Waals surface area contributed by atoms with Crippen molar-refractivity contribution in [1.82, 2.24) is 4.98 Å². The van der Waals surface area contributed by atoms with Crippen LogP contribution in [0.1, 0.15) is 67.3 Å². The molecule has 222 valence electrons. The molecular formula is C34H35N3O6. The minimum absolute atomic E-state index is 0.0831. The molecule has 0 atom stereocenters. The molecule has 0 unspecified atom stereocenters. The quantitative estimate of drug-likeness (QED) is 0.0613. The van der Waals surface area contributed by atoms with Crippen LogP contribution in [0.25, 0.3) is 32.7 Å². The fourth-order valence-corrected chi connectivity index (χ4v) is 5.96. The van der Waals surface area contributed by atoms with E-state index >= 15 is 0 Å². The van der Waals surface area contributed by atoms with Crippen molar-refractivity contribution in [2.24, 2.45) is 5.10 Å². The number of anilines is 1. The van der Waals surface area contributed by atoms with Gasteiger partial charge in [-0.1, -0.05) is 39.8 Å². The third kappa shape index (κ3) is 4.76. The maximum absolute atomic E-state index is 12.0. The molecule has 1 heterocycles. The monoisotopic (exact) mass is 581 g/mol. The van der Waals surface area contributed by atoms with E-state index in [4.69, 9.17) is 0 Å². The predicted octanol–water partition coefficient (Wildman–Crippen LogP) is 7.60. The second kappa shape index (κ2) is 10.9. The molecule has 0 bridgehead atoms. The first-order chi connectivity index (χ1) is 20.3. The highest BCUT2D eigenvalue weighted by molar-refractivity contribution is 6.12. The molecule has 5 rings (SSSR count). The van der Waals surface area contributed by atoms with Gasteiger partial charge in [-0.25, -0.2) is 0 Å². The lowest BCUT2D eigenvalue weighted by Crippen LogP contribution is -2.00. The van der Waals surface area contributed by atoms with Crippen molar-refractivity contribution in [3.63, 3.8) is 0 Å². The summed E-state index contributed by atoms with van der Waals surface area (Å²) in [5, 5.41) is 72.9. The van der Waals surface area contributed by atoms with Crippen molar-refractivity contribution in [2.75, 3.05) is 5.43 Å². The molecule has 0 fully saturated rings. The van der Waals surface area contributed by atoms with Crippen LogP contribution in [0.2, 0.25) is 0 Å². The Kier molecular flexibility index (Phi) is 7.43. The van der Waals surface area contributed by atoms with Gasteiger partial charge in [0.15, 0.2) is 23.0 Å². The Hall–Kier alpha value is -5.18. The minimum Gasteiger partial charge on any atom is -0.507 e. The zero-order valence-electron chi connectivity index (χ0n) is 24.9. The highest BCUT2D eigenvalue weighted by Gasteiger charge is 2.28. The largest absolute Gasteiger partial charge is 0.507 e. The number of aromatic hydroxyl groups is 6. The fourth-order valence-electron chi connectivity index (χ4n) is 5.96. The van der Waals surface area contributed by atoms with Gasteiger partial charge in [-0.05, 0) is 65.8 Å². The van der Waals surface area contributed by atoms with Gasteiger partial charge in [0.2, 0.25) is 0 Å². The lowest BCUT2D eigenvalue weighted by atomic mass is 9.84. The van der Waals surface area contributed by atoms with E-state index in [1.54, 1.807) is 38.4 Å². The van der Waals surface area contributed by atoms with Crippen molar-refractivity contribution in [1.29, 1.82) is 0 Å². The van der Waals surface area contributed by atoms with E-state index in [0.717, 1.165) is 0 Å². The standard InChI is InChI=1S/C34H35N3O6/c1-15(2)25-20-11-17(5)27(30(39)21(20)13-24(38)32(25)41)28-18(6)12-22-26(16(3)4)34(43)31(40)23(29(22)33(28)42)14-36-37-19-7-9-35-10-8-19/h7-16,38-43H,1-6H3,(H,35,37)/b36-14+. The molecule has 1 aromatic heterocycles. The second-order valence-corrected chi connectivity index (χ2v) is 11.4. The number of pyridine rings is 1. The minimum atomic E-state index is -0.442. The summed E-state index contributed by atoms with van der Waals surface area (Å²) in [5.41, 5.74) is 6.42. The van der Waals surface area contributed by atoms with E-state index in [9.17, 15) is 30.6 Å². The number of aryl methyl sites for hydroxylation is 2. The summed E-state index contributed by atoms with van der Waals surface area (Å²) >= 11 is 0. The lowest BCUT2D eigenvalue weighted by molar-refractivity contribution is 0.398. The maximum atomic E-state index is 12.0. The van der Waals surface area contributed by atoms with Crippen molar-refractivity contribution in [2.45, 2.75) is 53.4 Å². The lowest BCUT2D eigenvalue weighted by Gasteiger charge is -2.22. The van der Waals surface area contributed by atoms with Crippen molar-refractivity contribution >= 4 is 33.4 Å². The first-order valence-electron chi connectivity index (χ1n) is 14.0. The van der Waals surface area contributed by atoms with E-state index in [-0.39, 0.29) is 51.5 Å². The van der Waals surface area contributed by atoms with Gasteiger partial charge in [0, 0.05) is 45.4 Å². The molecule has 0 spiro atoms. The molecule has 0 aliphatic rings. The topological polar surface area (TPSA) is 159 Å². The number of hydrogen-bond donors (Lipinski definition) is 7. The molecule has 43 heavy (non-hydrogen) atoms. The molecule has 5 aromatic rings. The van der Waals surface area contributed by atoms with E-state index in [0.29, 0.717) is 55.2 Å². The van der Waals surface area contributed by atoms with Crippen molar-refractivity contribution < 1.29 is 30.6 Å². The van der Waals surface area contributed by atoms with Crippen LogP contribution in [0.4, 0.5) is 5.69 Å². The number of benzene rings is 4. The zero-order valence-corrected chi connectivity index (χ0v) is 24.9. The molecule has 0 saturated carbocycles.